The van der Waals surface area contributed by atoms with Gasteiger partial charge in [-0.15, -0.1) is 0 Å². The lowest BCUT2D eigenvalue weighted by Crippen LogP contribution is -2.22. The van der Waals surface area contributed by atoms with Gasteiger partial charge in [-0.25, -0.2) is 8.78 Å². The molecule has 3 aromatic carbocycles. The molecule has 1 saturated carbocycles. The molecule has 1 atom stereocenters. The highest BCUT2D eigenvalue weighted by Crippen LogP contribution is 2.37. The minimum atomic E-state index is -3.73. The third-order valence-electron chi connectivity index (χ3n) is 6.25. The number of ether oxygens (including phenoxy) is 1. The van der Waals surface area contributed by atoms with Crippen molar-refractivity contribution >= 4 is 14.5 Å². The third-order valence-corrected chi connectivity index (χ3v) is 6.80. The van der Waals surface area contributed by atoms with Gasteiger partial charge in [0.1, 0.15) is 17.4 Å². The molecule has 0 aliphatic heterocycles. The molecule has 0 bridgehead atoms. The summed E-state index contributed by atoms with van der Waals surface area (Å²) in [7, 11) is 1.88. The lowest BCUT2D eigenvalue weighted by Gasteiger charge is -2.26. The SMILES string of the molecule is CC1CCC(c2ccc(-c3ccc(C(F)(F)Oc4cc(F)c(P)c(F)c4)cc3)cc2)CC1. The minimum absolute atomic E-state index is 0.325. The van der Waals surface area contributed by atoms with E-state index in [-0.39, 0.29) is 5.30 Å². The van der Waals surface area contributed by atoms with Crippen LogP contribution in [0.2, 0.25) is 0 Å². The quantitative estimate of drug-likeness (QED) is 0.282. The Hall–Kier alpha value is -2.39. The van der Waals surface area contributed by atoms with Crippen molar-refractivity contribution in [1.82, 2.24) is 0 Å². The summed E-state index contributed by atoms with van der Waals surface area (Å²) < 4.78 is 61.0. The number of hydrogen-bond donors (Lipinski definition) is 0. The molecule has 0 heterocycles. The number of alkyl halides is 2. The van der Waals surface area contributed by atoms with Crippen LogP contribution >= 0.6 is 9.24 Å². The average molecular weight is 460 g/mol. The van der Waals surface area contributed by atoms with Crippen LogP contribution in [0.1, 0.15) is 49.7 Å². The van der Waals surface area contributed by atoms with Crippen molar-refractivity contribution < 1.29 is 22.3 Å². The van der Waals surface area contributed by atoms with Crippen molar-refractivity contribution in [3.63, 3.8) is 0 Å². The van der Waals surface area contributed by atoms with Crippen molar-refractivity contribution in [2.24, 2.45) is 5.92 Å². The molecule has 0 spiro atoms. The molecular weight excluding hydrogens is 435 g/mol. The zero-order valence-corrected chi connectivity index (χ0v) is 18.9. The molecule has 1 unspecified atom stereocenters. The standard InChI is InChI=1S/C26H25F4OP/c1-16-2-4-17(5-3-16)18-6-8-19(9-7-18)20-10-12-21(13-11-20)26(29,30)31-22-14-23(27)25(32)24(28)15-22/h6-17H,2-5,32H2,1H3. The van der Waals surface area contributed by atoms with E-state index in [2.05, 4.69) is 23.8 Å². The smallest absolute Gasteiger partial charge is 0.426 e. The molecule has 32 heavy (non-hydrogen) atoms. The molecule has 1 nitrogen and oxygen atoms in total. The molecule has 1 aliphatic carbocycles. The highest BCUT2D eigenvalue weighted by molar-refractivity contribution is 7.27. The molecule has 4 rings (SSSR count). The Morgan fingerprint density at radius 1 is 0.812 bits per heavy atom. The Kier molecular flexibility index (Phi) is 6.57. The summed E-state index contributed by atoms with van der Waals surface area (Å²) in [6, 6.07) is 15.5. The van der Waals surface area contributed by atoms with Gasteiger partial charge in [0.05, 0.1) is 5.56 Å². The van der Waals surface area contributed by atoms with E-state index in [0.717, 1.165) is 29.2 Å². The second-order valence-corrected chi connectivity index (χ2v) is 9.15. The van der Waals surface area contributed by atoms with Gasteiger partial charge >= 0.3 is 6.11 Å². The molecule has 3 aromatic rings. The lowest BCUT2D eigenvalue weighted by atomic mass is 9.79. The summed E-state index contributed by atoms with van der Waals surface area (Å²) in [4.78, 5) is 0. The van der Waals surface area contributed by atoms with Gasteiger partial charge in [0, 0.05) is 17.4 Å². The summed E-state index contributed by atoms with van der Waals surface area (Å²) in [5.74, 6) is -1.12. The minimum Gasteiger partial charge on any atom is -0.429 e. The van der Waals surface area contributed by atoms with Gasteiger partial charge in [0.2, 0.25) is 0 Å². The molecular formula is C26H25F4OP. The summed E-state index contributed by atoms with van der Waals surface area (Å²) in [6.07, 6.45) is 1.19. The van der Waals surface area contributed by atoms with Crippen LogP contribution in [0.15, 0.2) is 60.7 Å². The second-order valence-electron chi connectivity index (χ2n) is 8.58. The maximum atomic E-state index is 14.6. The molecule has 0 saturated heterocycles. The summed E-state index contributed by atoms with van der Waals surface area (Å²) >= 11 is 0. The van der Waals surface area contributed by atoms with Gasteiger partial charge in [-0.1, -0.05) is 65.4 Å². The predicted octanol–water partition coefficient (Wildman–Crippen LogP) is 7.55. The van der Waals surface area contributed by atoms with E-state index in [1.54, 1.807) is 12.1 Å². The predicted molar refractivity (Wildman–Crippen MR) is 122 cm³/mol. The summed E-state index contributed by atoms with van der Waals surface area (Å²) in [6.45, 7) is 2.30. The Balaban J connectivity index is 1.47. The van der Waals surface area contributed by atoms with Gasteiger partial charge in [-0.2, -0.15) is 8.78 Å². The first-order valence-corrected chi connectivity index (χ1v) is 11.3. The van der Waals surface area contributed by atoms with Gasteiger partial charge in [-0.3, -0.25) is 0 Å². The molecule has 1 fully saturated rings. The Bertz CT molecular complexity index is 1050. The van der Waals surface area contributed by atoms with E-state index in [4.69, 9.17) is 0 Å². The molecule has 0 radical (unpaired) electrons. The first-order valence-electron chi connectivity index (χ1n) is 10.7. The van der Waals surface area contributed by atoms with Crippen LogP contribution in [0.4, 0.5) is 17.6 Å². The highest BCUT2D eigenvalue weighted by atomic mass is 31.0. The van der Waals surface area contributed by atoms with Crippen molar-refractivity contribution in [3.8, 4) is 16.9 Å². The maximum Gasteiger partial charge on any atom is 0.426 e. The number of hydrogen-bond acceptors (Lipinski definition) is 1. The number of halogens is 4. The summed E-state index contributed by atoms with van der Waals surface area (Å²) in [5, 5.41) is -0.325. The van der Waals surface area contributed by atoms with Crippen LogP contribution in [0, 0.1) is 17.6 Å². The van der Waals surface area contributed by atoms with Crippen molar-refractivity contribution in [1.29, 1.82) is 0 Å². The number of benzene rings is 3. The van der Waals surface area contributed by atoms with Crippen molar-refractivity contribution in [3.05, 3.63) is 83.4 Å². The van der Waals surface area contributed by atoms with Crippen LogP contribution in [-0.2, 0) is 6.11 Å². The highest BCUT2D eigenvalue weighted by Gasteiger charge is 2.35. The van der Waals surface area contributed by atoms with Crippen molar-refractivity contribution in [2.45, 2.75) is 44.6 Å². The van der Waals surface area contributed by atoms with E-state index in [1.807, 2.05) is 21.4 Å². The monoisotopic (exact) mass is 460 g/mol. The topological polar surface area (TPSA) is 9.23 Å². The van der Waals surface area contributed by atoms with Gasteiger partial charge in [-0.05, 0) is 53.5 Å². The first kappa shape index (κ1) is 22.8. The van der Waals surface area contributed by atoms with E-state index < -0.39 is 29.1 Å². The van der Waals surface area contributed by atoms with Crippen molar-refractivity contribution in [2.75, 3.05) is 0 Å². The van der Waals surface area contributed by atoms with Crippen LogP contribution in [-0.4, -0.2) is 0 Å². The third kappa shape index (κ3) is 4.99. The normalized spacial score (nSPS) is 19.1. The zero-order chi connectivity index (χ0) is 22.9. The first-order chi connectivity index (χ1) is 15.2. The van der Waals surface area contributed by atoms with Crippen LogP contribution < -0.4 is 10.0 Å². The fourth-order valence-corrected chi connectivity index (χ4v) is 4.39. The van der Waals surface area contributed by atoms with E-state index in [0.29, 0.717) is 5.92 Å². The zero-order valence-electron chi connectivity index (χ0n) is 17.8. The molecule has 168 valence electrons. The van der Waals surface area contributed by atoms with Crippen LogP contribution in [0.3, 0.4) is 0 Å². The lowest BCUT2D eigenvalue weighted by molar-refractivity contribution is -0.185. The molecule has 6 heteroatoms. The molecule has 1 aliphatic rings. The second kappa shape index (κ2) is 9.23. The van der Waals surface area contributed by atoms with Crippen LogP contribution in [0.25, 0.3) is 11.1 Å². The van der Waals surface area contributed by atoms with Crippen LogP contribution in [0.5, 0.6) is 5.75 Å². The Morgan fingerprint density at radius 3 is 1.84 bits per heavy atom. The average Bonchev–Trinajstić information content (AvgIpc) is 2.78. The fourth-order valence-electron chi connectivity index (χ4n) is 4.22. The van der Waals surface area contributed by atoms with E-state index in [1.165, 1.54) is 43.4 Å². The molecule has 0 amide bonds. The summed E-state index contributed by atoms with van der Waals surface area (Å²) in [5.41, 5.74) is 2.67. The molecule has 0 N–H and O–H groups in total. The Labute approximate surface area is 188 Å². The van der Waals surface area contributed by atoms with Gasteiger partial charge < -0.3 is 4.74 Å². The van der Waals surface area contributed by atoms with E-state index in [9.17, 15) is 17.6 Å². The molecule has 0 aromatic heterocycles. The largest absolute Gasteiger partial charge is 0.429 e. The van der Waals surface area contributed by atoms with Gasteiger partial charge in [0.25, 0.3) is 0 Å². The Morgan fingerprint density at radius 2 is 1.31 bits per heavy atom. The van der Waals surface area contributed by atoms with E-state index >= 15 is 0 Å². The fraction of sp³-hybridized carbons (Fsp3) is 0.308. The maximum absolute atomic E-state index is 14.6. The number of rotatable bonds is 5. The van der Waals surface area contributed by atoms with Gasteiger partial charge in [0.15, 0.2) is 0 Å².